The van der Waals surface area contributed by atoms with Gasteiger partial charge in [0.15, 0.2) is 5.65 Å². The smallest absolute Gasteiger partial charge is 0.158 e. The molecule has 6 heteroatoms. The Hall–Kier alpha value is -1.07. The van der Waals surface area contributed by atoms with Crippen molar-refractivity contribution in [2.24, 2.45) is 7.05 Å². The van der Waals surface area contributed by atoms with Gasteiger partial charge in [-0.1, -0.05) is 6.92 Å². The van der Waals surface area contributed by atoms with E-state index in [0.29, 0.717) is 11.9 Å². The quantitative estimate of drug-likeness (QED) is 0.818. The number of aryl methyl sites for hydroxylation is 2. The number of halogens is 1. The molecule has 1 aliphatic heterocycles. The van der Waals surface area contributed by atoms with E-state index < -0.39 is 0 Å². The summed E-state index contributed by atoms with van der Waals surface area (Å²) >= 11 is 6.12. The number of aromatic nitrogens is 4. The molecule has 0 N–H and O–H groups in total. The van der Waals surface area contributed by atoms with Crippen molar-refractivity contribution in [2.45, 2.75) is 51.1 Å². The molecule has 3 rings (SSSR count). The molecule has 1 saturated heterocycles. The molecule has 110 valence electrons. The summed E-state index contributed by atoms with van der Waals surface area (Å²) in [5.74, 6) is 1.38. The van der Waals surface area contributed by atoms with Crippen molar-refractivity contribution in [3.8, 4) is 0 Å². The molecular weight excluding hydrogens is 276 g/mol. The number of rotatable bonds is 3. The molecule has 2 unspecified atom stereocenters. The second kappa shape index (κ2) is 5.37. The number of imidazole rings is 1. The van der Waals surface area contributed by atoms with E-state index >= 15 is 0 Å². The summed E-state index contributed by atoms with van der Waals surface area (Å²) in [5, 5.41) is 4.58. The molecule has 0 spiro atoms. The van der Waals surface area contributed by atoms with E-state index in [1.165, 1.54) is 0 Å². The summed E-state index contributed by atoms with van der Waals surface area (Å²) in [6.07, 6.45) is 3.18. The monoisotopic (exact) mass is 296 g/mol. The van der Waals surface area contributed by atoms with Crippen LogP contribution in [0.5, 0.6) is 0 Å². The first kappa shape index (κ1) is 13.9. The van der Waals surface area contributed by atoms with Gasteiger partial charge in [0.05, 0.1) is 17.7 Å². The summed E-state index contributed by atoms with van der Waals surface area (Å²) < 4.78 is 9.89. The third-order valence-corrected chi connectivity index (χ3v) is 4.33. The molecule has 0 amide bonds. The number of hydrogen-bond donors (Lipinski definition) is 0. The van der Waals surface area contributed by atoms with Crippen LogP contribution in [0, 0.1) is 0 Å². The summed E-state index contributed by atoms with van der Waals surface area (Å²) in [7, 11) is 1.99. The molecule has 2 aromatic rings. The molecule has 0 aromatic carbocycles. The average molecular weight is 297 g/mol. The molecule has 2 atom stereocenters. The minimum Gasteiger partial charge on any atom is -0.378 e. The van der Waals surface area contributed by atoms with Crippen LogP contribution in [0.3, 0.4) is 0 Å². The minimum atomic E-state index is 0.285. The summed E-state index contributed by atoms with van der Waals surface area (Å²) in [5.41, 5.74) is 3.15. The van der Waals surface area contributed by atoms with Gasteiger partial charge in [-0.3, -0.25) is 4.68 Å². The Bertz CT molecular complexity index is 618. The Kier molecular flexibility index (Phi) is 3.73. The van der Waals surface area contributed by atoms with E-state index in [1.54, 1.807) is 0 Å². The molecular formula is C14H21ClN4O. The van der Waals surface area contributed by atoms with Crippen molar-refractivity contribution in [3.05, 3.63) is 11.5 Å². The van der Waals surface area contributed by atoms with Gasteiger partial charge in [0.25, 0.3) is 0 Å². The fourth-order valence-electron chi connectivity index (χ4n) is 3.17. The second-order valence-electron chi connectivity index (χ2n) is 5.49. The molecule has 0 radical (unpaired) electrons. The van der Waals surface area contributed by atoms with Crippen molar-refractivity contribution >= 4 is 22.8 Å². The van der Waals surface area contributed by atoms with Gasteiger partial charge in [0.2, 0.25) is 0 Å². The van der Waals surface area contributed by atoms with Gasteiger partial charge in [-0.05, 0) is 26.2 Å². The van der Waals surface area contributed by atoms with Crippen molar-refractivity contribution in [1.29, 1.82) is 0 Å². The number of alkyl halides is 1. The zero-order valence-corrected chi connectivity index (χ0v) is 13.0. The number of nitrogens with zero attached hydrogens (tertiary/aromatic N) is 4. The molecule has 20 heavy (non-hydrogen) atoms. The zero-order chi connectivity index (χ0) is 14.3. The molecule has 2 aromatic heterocycles. The van der Waals surface area contributed by atoms with Crippen LogP contribution in [-0.4, -0.2) is 32.0 Å². The van der Waals surface area contributed by atoms with Crippen molar-refractivity contribution < 1.29 is 4.74 Å². The van der Waals surface area contributed by atoms with E-state index in [-0.39, 0.29) is 6.10 Å². The predicted molar refractivity (Wildman–Crippen MR) is 79.1 cm³/mol. The van der Waals surface area contributed by atoms with Crippen molar-refractivity contribution in [3.63, 3.8) is 0 Å². The van der Waals surface area contributed by atoms with Gasteiger partial charge in [0, 0.05) is 19.7 Å². The highest BCUT2D eigenvalue weighted by Gasteiger charge is 2.27. The fraction of sp³-hybridized carbons (Fsp3) is 0.714. The lowest BCUT2D eigenvalue weighted by Crippen LogP contribution is -2.27. The van der Waals surface area contributed by atoms with E-state index in [0.717, 1.165) is 48.6 Å². The lowest BCUT2D eigenvalue weighted by Gasteiger charge is -2.29. The van der Waals surface area contributed by atoms with Gasteiger partial charge in [-0.2, -0.15) is 5.10 Å². The van der Waals surface area contributed by atoms with Gasteiger partial charge < -0.3 is 9.30 Å². The SMILES string of the molecule is CCc1nn(C)c2c1nc(CCl)n2C1CCOC(C)C1. The first-order valence-electron chi connectivity index (χ1n) is 7.26. The first-order chi connectivity index (χ1) is 9.65. The van der Waals surface area contributed by atoms with Crippen LogP contribution >= 0.6 is 11.6 Å². The van der Waals surface area contributed by atoms with Crippen LogP contribution in [0.1, 0.15) is 44.2 Å². The van der Waals surface area contributed by atoms with Gasteiger partial charge in [0.1, 0.15) is 11.3 Å². The van der Waals surface area contributed by atoms with Crippen LogP contribution in [-0.2, 0) is 24.1 Å². The fourth-order valence-corrected chi connectivity index (χ4v) is 3.36. The van der Waals surface area contributed by atoms with E-state index in [9.17, 15) is 0 Å². The van der Waals surface area contributed by atoms with E-state index in [4.69, 9.17) is 21.3 Å². The Balaban J connectivity index is 2.14. The van der Waals surface area contributed by atoms with Crippen LogP contribution in [0.25, 0.3) is 11.2 Å². The zero-order valence-electron chi connectivity index (χ0n) is 12.3. The molecule has 1 aliphatic rings. The largest absolute Gasteiger partial charge is 0.378 e. The summed E-state index contributed by atoms with van der Waals surface area (Å²) in [4.78, 5) is 4.73. The molecule has 5 nitrogen and oxygen atoms in total. The topological polar surface area (TPSA) is 44.9 Å². The Morgan fingerprint density at radius 2 is 2.25 bits per heavy atom. The third-order valence-electron chi connectivity index (χ3n) is 4.09. The lowest BCUT2D eigenvalue weighted by molar-refractivity contribution is 0.00613. The van der Waals surface area contributed by atoms with Gasteiger partial charge in [-0.15, -0.1) is 11.6 Å². The van der Waals surface area contributed by atoms with E-state index in [1.807, 2.05) is 11.7 Å². The van der Waals surface area contributed by atoms with Crippen LogP contribution in [0.2, 0.25) is 0 Å². The first-order valence-corrected chi connectivity index (χ1v) is 7.79. The molecule has 1 fully saturated rings. The van der Waals surface area contributed by atoms with Crippen LogP contribution in [0.4, 0.5) is 0 Å². The number of hydrogen-bond acceptors (Lipinski definition) is 3. The highest BCUT2D eigenvalue weighted by atomic mass is 35.5. The lowest BCUT2D eigenvalue weighted by atomic mass is 10.0. The summed E-state index contributed by atoms with van der Waals surface area (Å²) in [6.45, 7) is 5.03. The van der Waals surface area contributed by atoms with Gasteiger partial charge >= 0.3 is 0 Å². The highest BCUT2D eigenvalue weighted by Crippen LogP contribution is 2.31. The maximum atomic E-state index is 6.12. The van der Waals surface area contributed by atoms with Crippen LogP contribution < -0.4 is 0 Å². The predicted octanol–water partition coefficient (Wildman–Crippen LogP) is 2.81. The molecule has 0 bridgehead atoms. The maximum Gasteiger partial charge on any atom is 0.158 e. The molecule has 0 saturated carbocycles. The van der Waals surface area contributed by atoms with Gasteiger partial charge in [-0.25, -0.2) is 4.98 Å². The number of ether oxygens (including phenoxy) is 1. The summed E-state index contributed by atoms with van der Waals surface area (Å²) in [6, 6.07) is 0.401. The maximum absolute atomic E-state index is 6.12. The Labute approximate surface area is 123 Å². The standard InChI is InChI=1S/C14H21ClN4O/c1-4-11-13-14(18(3)17-11)19(12(8-15)16-13)10-5-6-20-9(2)7-10/h9-10H,4-8H2,1-3H3. The van der Waals surface area contributed by atoms with Crippen molar-refractivity contribution in [1.82, 2.24) is 19.3 Å². The molecule has 3 heterocycles. The third kappa shape index (κ3) is 2.13. The van der Waals surface area contributed by atoms with Crippen LogP contribution in [0.15, 0.2) is 0 Å². The Morgan fingerprint density at radius 3 is 2.90 bits per heavy atom. The Morgan fingerprint density at radius 1 is 1.45 bits per heavy atom. The van der Waals surface area contributed by atoms with E-state index in [2.05, 4.69) is 23.5 Å². The normalized spacial score (nSPS) is 23.6. The number of fused-ring (bicyclic) bond motifs is 1. The van der Waals surface area contributed by atoms with Crippen molar-refractivity contribution in [2.75, 3.05) is 6.61 Å². The highest BCUT2D eigenvalue weighted by molar-refractivity contribution is 6.16. The average Bonchev–Trinajstić information content (AvgIpc) is 2.96. The second-order valence-corrected chi connectivity index (χ2v) is 5.75. The minimum absolute atomic E-state index is 0.285. The molecule has 0 aliphatic carbocycles.